The molecule has 1 saturated heterocycles. The number of nitrogens with zero attached hydrogens (tertiary/aromatic N) is 3. The van der Waals surface area contributed by atoms with Crippen LogP contribution in [0.25, 0.3) is 0 Å². The van der Waals surface area contributed by atoms with Crippen LogP contribution in [0.1, 0.15) is 16.9 Å². The van der Waals surface area contributed by atoms with Crippen molar-refractivity contribution >= 4 is 22.4 Å². The number of amides is 1. The summed E-state index contributed by atoms with van der Waals surface area (Å²) in [6, 6.07) is 6.25. The minimum Gasteiger partial charge on any atom is -0.375 e. The predicted molar refractivity (Wildman–Crippen MR) is 93.1 cm³/mol. The van der Waals surface area contributed by atoms with E-state index in [-0.39, 0.29) is 18.1 Å². The molecule has 2 aromatic rings. The topological polar surface area (TPSA) is 62.5 Å². The van der Waals surface area contributed by atoms with Gasteiger partial charge < -0.3 is 10.6 Å². The molecule has 0 aliphatic carbocycles. The summed E-state index contributed by atoms with van der Waals surface area (Å²) >= 11 is 1.51. The third-order valence-corrected chi connectivity index (χ3v) is 4.95. The number of thiazole rings is 1. The molecule has 24 heavy (non-hydrogen) atoms. The number of carbonyl (C=O) groups is 1. The molecule has 2 N–H and O–H groups in total. The molecule has 5 nitrogen and oxygen atoms in total. The second kappa shape index (κ2) is 7.72. The molecule has 1 aromatic heterocycles. The van der Waals surface area contributed by atoms with Gasteiger partial charge >= 0.3 is 0 Å². The van der Waals surface area contributed by atoms with Gasteiger partial charge in [0.1, 0.15) is 5.82 Å². The number of halogens is 1. The van der Waals surface area contributed by atoms with Crippen LogP contribution in [-0.2, 0) is 17.8 Å². The fourth-order valence-electron chi connectivity index (χ4n) is 2.93. The molecule has 0 unspecified atom stereocenters. The van der Waals surface area contributed by atoms with E-state index >= 15 is 0 Å². The Kier molecular flexibility index (Phi) is 5.42. The Morgan fingerprint density at radius 3 is 2.92 bits per heavy atom. The molecule has 0 spiro atoms. The molecule has 1 aliphatic rings. The number of nitrogen functional groups attached to an aromatic ring is 1. The van der Waals surface area contributed by atoms with Gasteiger partial charge in [0.25, 0.3) is 0 Å². The highest BCUT2D eigenvalue weighted by molar-refractivity contribution is 7.15. The van der Waals surface area contributed by atoms with Gasteiger partial charge in [-0.05, 0) is 24.1 Å². The van der Waals surface area contributed by atoms with E-state index in [1.165, 1.54) is 23.5 Å². The summed E-state index contributed by atoms with van der Waals surface area (Å²) < 4.78 is 13.2. The third-order valence-electron chi connectivity index (χ3n) is 4.14. The van der Waals surface area contributed by atoms with Crippen LogP contribution in [0.15, 0.2) is 30.5 Å². The summed E-state index contributed by atoms with van der Waals surface area (Å²) in [5, 5.41) is 0.590. The predicted octanol–water partition coefficient (Wildman–Crippen LogP) is 2.14. The first-order chi connectivity index (χ1) is 11.6. The maximum atomic E-state index is 13.2. The molecule has 128 valence electrons. The Morgan fingerprint density at radius 1 is 1.29 bits per heavy atom. The summed E-state index contributed by atoms with van der Waals surface area (Å²) in [7, 11) is 0. The van der Waals surface area contributed by atoms with Gasteiger partial charge in [0.2, 0.25) is 5.91 Å². The largest absolute Gasteiger partial charge is 0.375 e. The van der Waals surface area contributed by atoms with Crippen LogP contribution in [0, 0.1) is 5.82 Å². The highest BCUT2D eigenvalue weighted by Gasteiger charge is 2.20. The van der Waals surface area contributed by atoms with Gasteiger partial charge in [-0.25, -0.2) is 9.37 Å². The lowest BCUT2D eigenvalue weighted by molar-refractivity contribution is -0.130. The summed E-state index contributed by atoms with van der Waals surface area (Å²) in [6.07, 6.45) is 3.00. The summed E-state index contributed by atoms with van der Waals surface area (Å²) in [6.45, 7) is 4.03. The SMILES string of the molecule is Nc1ncc(CN2CCCN(C(=O)Cc3cccc(F)c3)CC2)s1. The van der Waals surface area contributed by atoms with E-state index in [0.717, 1.165) is 43.0 Å². The van der Waals surface area contributed by atoms with Crippen LogP contribution in [0.2, 0.25) is 0 Å². The van der Waals surface area contributed by atoms with E-state index < -0.39 is 0 Å². The van der Waals surface area contributed by atoms with Crippen molar-refractivity contribution in [2.45, 2.75) is 19.4 Å². The molecule has 2 heterocycles. The number of anilines is 1. The summed E-state index contributed by atoms with van der Waals surface area (Å²) in [5.74, 6) is -0.240. The van der Waals surface area contributed by atoms with Crippen molar-refractivity contribution in [2.24, 2.45) is 0 Å². The zero-order chi connectivity index (χ0) is 16.9. The Labute approximate surface area is 144 Å². The number of rotatable bonds is 4. The van der Waals surface area contributed by atoms with Crippen LogP contribution in [0.4, 0.5) is 9.52 Å². The van der Waals surface area contributed by atoms with Gasteiger partial charge in [-0.1, -0.05) is 12.1 Å². The van der Waals surface area contributed by atoms with Gasteiger partial charge in [0.15, 0.2) is 5.13 Å². The van der Waals surface area contributed by atoms with Crippen molar-refractivity contribution in [2.75, 3.05) is 31.9 Å². The number of hydrogen-bond donors (Lipinski definition) is 1. The van der Waals surface area contributed by atoms with Crippen molar-refractivity contribution in [1.29, 1.82) is 0 Å². The van der Waals surface area contributed by atoms with Crippen molar-refractivity contribution in [3.8, 4) is 0 Å². The van der Waals surface area contributed by atoms with E-state index in [9.17, 15) is 9.18 Å². The molecule has 0 saturated carbocycles. The van der Waals surface area contributed by atoms with Crippen LogP contribution in [-0.4, -0.2) is 46.9 Å². The first-order valence-corrected chi connectivity index (χ1v) is 8.86. The summed E-state index contributed by atoms with van der Waals surface area (Å²) in [4.78, 5) is 21.9. The molecule has 0 radical (unpaired) electrons. The van der Waals surface area contributed by atoms with Crippen molar-refractivity contribution in [3.63, 3.8) is 0 Å². The number of carbonyl (C=O) groups excluding carboxylic acids is 1. The fraction of sp³-hybridized carbons (Fsp3) is 0.412. The molecule has 0 atom stereocenters. The van der Waals surface area contributed by atoms with Crippen molar-refractivity contribution < 1.29 is 9.18 Å². The minimum absolute atomic E-state index is 0.0597. The average Bonchev–Trinajstić information content (AvgIpc) is 2.81. The maximum absolute atomic E-state index is 13.2. The molecular weight excluding hydrogens is 327 g/mol. The Hall–Kier alpha value is -1.99. The monoisotopic (exact) mass is 348 g/mol. The van der Waals surface area contributed by atoms with Gasteiger partial charge in [-0.2, -0.15) is 0 Å². The zero-order valence-corrected chi connectivity index (χ0v) is 14.3. The van der Waals surface area contributed by atoms with Crippen LogP contribution < -0.4 is 5.73 Å². The molecule has 0 bridgehead atoms. The smallest absolute Gasteiger partial charge is 0.227 e. The van der Waals surface area contributed by atoms with Gasteiger partial charge in [0, 0.05) is 43.8 Å². The Bertz CT molecular complexity index is 705. The van der Waals surface area contributed by atoms with Gasteiger partial charge in [-0.3, -0.25) is 9.69 Å². The Morgan fingerprint density at radius 2 is 2.17 bits per heavy atom. The van der Waals surface area contributed by atoms with Crippen molar-refractivity contribution in [1.82, 2.24) is 14.8 Å². The number of hydrogen-bond acceptors (Lipinski definition) is 5. The van der Waals surface area contributed by atoms with Crippen molar-refractivity contribution in [3.05, 3.63) is 46.7 Å². The number of nitrogens with two attached hydrogens (primary N) is 1. The molecule has 1 aliphatic heterocycles. The van der Waals surface area contributed by atoms with E-state index in [1.807, 2.05) is 11.1 Å². The lowest BCUT2D eigenvalue weighted by atomic mass is 10.1. The van der Waals surface area contributed by atoms with Gasteiger partial charge in [0.05, 0.1) is 6.42 Å². The van der Waals surface area contributed by atoms with Crippen LogP contribution >= 0.6 is 11.3 Å². The third kappa shape index (κ3) is 4.52. The molecule has 3 rings (SSSR count). The standard InChI is InChI=1S/C17H21FN4OS/c18-14-4-1-3-13(9-14)10-16(23)22-6-2-5-21(7-8-22)12-15-11-20-17(19)24-15/h1,3-4,9,11H,2,5-8,10,12H2,(H2,19,20). The first kappa shape index (κ1) is 16.9. The second-order valence-corrected chi connectivity index (χ2v) is 7.13. The highest BCUT2D eigenvalue weighted by Crippen LogP contribution is 2.18. The maximum Gasteiger partial charge on any atom is 0.227 e. The second-order valence-electron chi connectivity index (χ2n) is 5.98. The Balaban J connectivity index is 1.53. The highest BCUT2D eigenvalue weighted by atomic mass is 32.1. The number of benzene rings is 1. The lowest BCUT2D eigenvalue weighted by Crippen LogP contribution is -2.36. The van der Waals surface area contributed by atoms with E-state index in [1.54, 1.807) is 12.1 Å². The summed E-state index contributed by atoms with van der Waals surface area (Å²) in [5.41, 5.74) is 6.39. The molecular formula is C17H21FN4OS. The van der Waals surface area contributed by atoms with E-state index in [0.29, 0.717) is 11.7 Å². The van der Waals surface area contributed by atoms with Crippen LogP contribution in [0.3, 0.4) is 0 Å². The molecule has 7 heteroatoms. The minimum atomic E-state index is -0.300. The first-order valence-electron chi connectivity index (χ1n) is 8.05. The average molecular weight is 348 g/mol. The zero-order valence-electron chi connectivity index (χ0n) is 13.4. The number of aromatic nitrogens is 1. The van der Waals surface area contributed by atoms with E-state index in [2.05, 4.69) is 9.88 Å². The molecule has 1 fully saturated rings. The molecule has 1 aromatic carbocycles. The normalized spacial score (nSPS) is 16.1. The van der Waals surface area contributed by atoms with Crippen LogP contribution in [0.5, 0.6) is 0 Å². The van der Waals surface area contributed by atoms with Gasteiger partial charge in [-0.15, -0.1) is 11.3 Å². The quantitative estimate of drug-likeness (QED) is 0.920. The van der Waals surface area contributed by atoms with E-state index in [4.69, 9.17) is 5.73 Å². The fourth-order valence-corrected chi connectivity index (χ4v) is 3.65. The molecule has 1 amide bonds. The lowest BCUT2D eigenvalue weighted by Gasteiger charge is -2.21.